The summed E-state index contributed by atoms with van der Waals surface area (Å²) in [6.07, 6.45) is 1.27. The Hall–Kier alpha value is -3.19. The minimum Gasteiger partial charge on any atom is -0.506 e. The predicted molar refractivity (Wildman–Crippen MR) is 103 cm³/mol. The molecule has 2 N–H and O–H groups in total. The molecule has 0 unspecified atom stereocenters. The fourth-order valence-electron chi connectivity index (χ4n) is 2.39. The second-order valence-electron chi connectivity index (χ2n) is 5.45. The van der Waals surface area contributed by atoms with Crippen molar-refractivity contribution in [3.63, 3.8) is 0 Å². The number of rotatable bonds is 4. The van der Waals surface area contributed by atoms with E-state index in [2.05, 4.69) is 20.9 Å². The average Bonchev–Trinajstić information content (AvgIpc) is 2.64. The van der Waals surface area contributed by atoms with Gasteiger partial charge in [0.05, 0.1) is 9.40 Å². The second-order valence-corrected chi connectivity index (χ2v) is 6.30. The number of non-ortho nitro benzene ring substituents is 1. The van der Waals surface area contributed by atoms with Gasteiger partial charge in [-0.25, -0.2) is 0 Å². The van der Waals surface area contributed by atoms with Crippen molar-refractivity contribution in [2.24, 2.45) is 4.99 Å². The van der Waals surface area contributed by atoms with Gasteiger partial charge in [0.2, 0.25) is 0 Å². The van der Waals surface area contributed by atoms with Crippen molar-refractivity contribution in [2.75, 3.05) is 0 Å². The molecular weight excluding hydrogens is 400 g/mol. The average molecular weight is 413 g/mol. The molecule has 0 aliphatic heterocycles. The van der Waals surface area contributed by atoms with Gasteiger partial charge in [0.1, 0.15) is 17.2 Å². The lowest BCUT2D eigenvalue weighted by atomic mass is 10.1. The highest BCUT2D eigenvalue weighted by Gasteiger charge is 2.13. The van der Waals surface area contributed by atoms with Gasteiger partial charge in [-0.15, -0.1) is 0 Å². The first-order valence-electron chi connectivity index (χ1n) is 7.55. The summed E-state index contributed by atoms with van der Waals surface area (Å²) in [5.74, 6) is -0.202. The summed E-state index contributed by atoms with van der Waals surface area (Å²) >= 11 is 3.08. The van der Waals surface area contributed by atoms with Crippen LogP contribution in [0.3, 0.4) is 0 Å². The quantitative estimate of drug-likeness (QED) is 0.350. The van der Waals surface area contributed by atoms with Gasteiger partial charge in [0.15, 0.2) is 0 Å². The lowest BCUT2D eigenvalue weighted by Crippen LogP contribution is -1.91. The highest BCUT2D eigenvalue weighted by atomic mass is 79.9. The van der Waals surface area contributed by atoms with Crippen molar-refractivity contribution in [1.82, 2.24) is 0 Å². The molecule has 0 saturated heterocycles. The van der Waals surface area contributed by atoms with Crippen LogP contribution < -0.4 is 0 Å². The third-order valence-corrected chi connectivity index (χ3v) is 4.32. The second kappa shape index (κ2) is 7.37. The van der Waals surface area contributed by atoms with Gasteiger partial charge in [0.25, 0.3) is 5.69 Å². The van der Waals surface area contributed by atoms with Crippen LogP contribution in [0, 0.1) is 10.1 Å². The Bertz CT molecular complexity index is 1000. The lowest BCUT2D eigenvalue weighted by molar-refractivity contribution is -0.385. The molecule has 0 aliphatic carbocycles. The molecule has 130 valence electrons. The zero-order valence-corrected chi connectivity index (χ0v) is 14.9. The van der Waals surface area contributed by atoms with Gasteiger partial charge < -0.3 is 10.2 Å². The van der Waals surface area contributed by atoms with E-state index in [4.69, 9.17) is 0 Å². The SMILES string of the molecule is O=[N+]([O-])c1cc(Br)c(O)c(C=Nc2ccc(-c3ccccc3)cc2O)c1. The first-order valence-corrected chi connectivity index (χ1v) is 8.34. The van der Waals surface area contributed by atoms with Crippen LogP contribution in [0.15, 0.2) is 70.1 Å². The summed E-state index contributed by atoms with van der Waals surface area (Å²) in [6, 6.07) is 17.0. The number of aliphatic imine (C=N–C) groups is 1. The summed E-state index contributed by atoms with van der Waals surface area (Å²) in [5, 5.41) is 31.2. The van der Waals surface area contributed by atoms with Crippen molar-refractivity contribution >= 4 is 33.5 Å². The molecule has 0 amide bonds. The maximum Gasteiger partial charge on any atom is 0.271 e. The number of hydrogen-bond donors (Lipinski definition) is 2. The van der Waals surface area contributed by atoms with E-state index in [9.17, 15) is 20.3 Å². The molecule has 0 saturated carbocycles. The number of hydrogen-bond acceptors (Lipinski definition) is 5. The van der Waals surface area contributed by atoms with Crippen molar-refractivity contribution in [2.45, 2.75) is 0 Å². The Kier molecular flexibility index (Phi) is 4.99. The molecule has 6 nitrogen and oxygen atoms in total. The van der Waals surface area contributed by atoms with Crippen LogP contribution in [0.5, 0.6) is 11.5 Å². The van der Waals surface area contributed by atoms with Gasteiger partial charge in [-0.1, -0.05) is 36.4 Å². The molecule has 7 heteroatoms. The lowest BCUT2D eigenvalue weighted by Gasteiger charge is -2.05. The summed E-state index contributed by atoms with van der Waals surface area (Å²) in [6.45, 7) is 0. The fourth-order valence-corrected chi connectivity index (χ4v) is 2.85. The molecule has 3 rings (SSSR count). The Morgan fingerprint density at radius 1 is 1.00 bits per heavy atom. The normalized spacial score (nSPS) is 11.0. The van der Waals surface area contributed by atoms with E-state index in [-0.39, 0.29) is 32.9 Å². The number of phenols is 2. The molecular formula is C19H13BrN2O4. The van der Waals surface area contributed by atoms with Crippen LogP contribution in [0.4, 0.5) is 11.4 Å². The Balaban J connectivity index is 1.93. The third-order valence-electron chi connectivity index (χ3n) is 3.71. The van der Waals surface area contributed by atoms with Crippen molar-refractivity contribution < 1.29 is 15.1 Å². The predicted octanol–water partition coefficient (Wildman–Crippen LogP) is 5.19. The monoisotopic (exact) mass is 412 g/mol. The molecule has 0 bridgehead atoms. The first kappa shape index (κ1) is 17.6. The molecule has 0 heterocycles. The first-order chi connectivity index (χ1) is 12.5. The number of benzene rings is 3. The number of phenolic OH excluding ortho intramolecular Hbond substituents is 2. The summed E-state index contributed by atoms with van der Waals surface area (Å²) in [4.78, 5) is 14.5. The molecule has 0 aliphatic rings. The highest BCUT2D eigenvalue weighted by Crippen LogP contribution is 2.34. The van der Waals surface area contributed by atoms with E-state index in [1.54, 1.807) is 12.1 Å². The maximum atomic E-state index is 10.9. The minimum atomic E-state index is -0.562. The van der Waals surface area contributed by atoms with E-state index in [1.807, 2.05) is 36.4 Å². The van der Waals surface area contributed by atoms with Crippen LogP contribution in [-0.4, -0.2) is 21.4 Å². The largest absolute Gasteiger partial charge is 0.506 e. The van der Waals surface area contributed by atoms with Gasteiger partial charge in [-0.3, -0.25) is 15.1 Å². The van der Waals surface area contributed by atoms with Crippen LogP contribution in [-0.2, 0) is 0 Å². The summed E-state index contributed by atoms with van der Waals surface area (Å²) < 4.78 is 0.191. The number of nitro benzene ring substituents is 1. The third kappa shape index (κ3) is 3.73. The van der Waals surface area contributed by atoms with E-state index in [0.29, 0.717) is 0 Å². The van der Waals surface area contributed by atoms with E-state index in [1.165, 1.54) is 18.3 Å². The van der Waals surface area contributed by atoms with Gasteiger partial charge >= 0.3 is 0 Å². The molecule has 0 spiro atoms. The van der Waals surface area contributed by atoms with Gasteiger partial charge in [0, 0.05) is 23.9 Å². The van der Waals surface area contributed by atoms with E-state index in [0.717, 1.165) is 11.1 Å². The van der Waals surface area contributed by atoms with Crippen LogP contribution >= 0.6 is 15.9 Å². The highest BCUT2D eigenvalue weighted by molar-refractivity contribution is 9.10. The molecule has 0 atom stereocenters. The number of nitrogens with zero attached hydrogens (tertiary/aromatic N) is 2. The van der Waals surface area contributed by atoms with Crippen LogP contribution in [0.2, 0.25) is 0 Å². The topological polar surface area (TPSA) is 96.0 Å². The molecule has 3 aromatic rings. The number of nitro groups is 1. The maximum absolute atomic E-state index is 10.9. The van der Waals surface area contributed by atoms with Crippen molar-refractivity contribution in [3.8, 4) is 22.6 Å². The van der Waals surface area contributed by atoms with E-state index >= 15 is 0 Å². The van der Waals surface area contributed by atoms with E-state index < -0.39 is 4.92 Å². The Morgan fingerprint density at radius 2 is 1.73 bits per heavy atom. The zero-order chi connectivity index (χ0) is 18.7. The molecule has 0 aromatic heterocycles. The molecule has 0 fully saturated rings. The van der Waals surface area contributed by atoms with Gasteiger partial charge in [-0.05, 0) is 39.2 Å². The van der Waals surface area contributed by atoms with Crippen LogP contribution in [0.25, 0.3) is 11.1 Å². The Labute approximate surface area is 157 Å². The zero-order valence-electron chi connectivity index (χ0n) is 13.3. The standard InChI is InChI=1S/C19H13BrN2O4/c20-16-10-15(22(25)26)8-14(19(16)24)11-21-17-7-6-13(9-18(17)23)12-4-2-1-3-5-12/h1-11,23-24H. The fraction of sp³-hybridized carbons (Fsp3) is 0. The van der Waals surface area contributed by atoms with Crippen molar-refractivity contribution in [3.05, 3.63) is 80.8 Å². The molecule has 0 radical (unpaired) electrons. The molecule has 3 aromatic carbocycles. The Morgan fingerprint density at radius 3 is 2.38 bits per heavy atom. The molecule has 26 heavy (non-hydrogen) atoms. The summed E-state index contributed by atoms with van der Waals surface area (Å²) in [5.41, 5.74) is 2.06. The number of aromatic hydroxyl groups is 2. The van der Waals surface area contributed by atoms with Crippen LogP contribution in [0.1, 0.15) is 5.56 Å². The van der Waals surface area contributed by atoms with Crippen molar-refractivity contribution in [1.29, 1.82) is 0 Å². The number of halogens is 1. The smallest absolute Gasteiger partial charge is 0.271 e. The summed E-state index contributed by atoms with van der Waals surface area (Å²) in [7, 11) is 0. The van der Waals surface area contributed by atoms with Gasteiger partial charge in [-0.2, -0.15) is 0 Å². The minimum absolute atomic E-state index is 0.0356.